The highest BCUT2D eigenvalue weighted by atomic mass is 32.1. The number of thiophene rings is 1. The van der Waals surface area contributed by atoms with Gasteiger partial charge in [-0.05, 0) is 77.8 Å². The zero-order chi connectivity index (χ0) is 59.3. The number of alkyl halides is 3. The standard InChI is InChI=1S/C60H60F4N12O7S/c1-30(2)52(58(80)75-25-39(78)19-48(75)57(79)69-47(27-77)36-12-10-34(11-13-36)40-16-17-67-22-31(40)3)76-26-46(72-73-76)35-8-6-33(7-9-35)29-82-53-50(41-14-15-45(61)54-49(41)43(21-65)55(66)84-54)44(60(62,63)64)20-42-51(53)70-59(83-28-32(4)81-5)71-56(42)74-24-37-18-38(74)23-68-37/h6-17,20,22,26,30,32,37-39,47-48,52,68,77-78H,18-19,23-25,27-29,66H2,1-5H3,(H,69,79)/t32-,37-,38-,39+,47-,48-,52-/m0/s1. The molecule has 3 aliphatic heterocycles. The van der Waals surface area contributed by atoms with Crippen molar-refractivity contribution < 1.29 is 51.6 Å². The Labute approximate surface area is 484 Å². The number of nitrogen functional groups attached to an aromatic ring is 1. The Kier molecular flexibility index (Phi) is 16.0. The van der Waals surface area contributed by atoms with Gasteiger partial charge >= 0.3 is 12.2 Å². The fourth-order valence-corrected chi connectivity index (χ4v) is 12.5. The van der Waals surface area contributed by atoms with Crippen molar-refractivity contribution in [3.63, 3.8) is 0 Å². The Bertz CT molecular complexity index is 3840. The van der Waals surface area contributed by atoms with Crippen LogP contribution in [0.2, 0.25) is 0 Å². The first-order valence-electron chi connectivity index (χ1n) is 27.4. The average Bonchev–Trinajstić information content (AvgIpc) is 4.43. The number of nitriles is 1. The van der Waals surface area contributed by atoms with Gasteiger partial charge < -0.3 is 50.6 Å². The molecule has 11 rings (SSSR count). The van der Waals surface area contributed by atoms with Crippen LogP contribution in [0.3, 0.4) is 0 Å². The number of benzene rings is 4. The van der Waals surface area contributed by atoms with E-state index in [1.807, 2.05) is 62.1 Å². The number of aryl methyl sites for hydroxylation is 1. The number of methoxy groups -OCH3 is 1. The molecule has 4 aromatic heterocycles. The van der Waals surface area contributed by atoms with E-state index in [-0.39, 0.29) is 98.9 Å². The van der Waals surface area contributed by atoms with Crippen LogP contribution in [0.4, 0.5) is 28.4 Å². The molecule has 8 aromatic rings. The number of nitrogens with zero attached hydrogens (tertiary/aromatic N) is 9. The van der Waals surface area contributed by atoms with Crippen LogP contribution in [0.15, 0.2) is 91.4 Å². The number of aromatic nitrogens is 6. The molecule has 2 bridgehead atoms. The molecular formula is C60H60F4N12O7S. The van der Waals surface area contributed by atoms with Gasteiger partial charge in [0.1, 0.15) is 59.2 Å². The normalized spacial score (nSPS) is 18.8. The minimum Gasteiger partial charge on any atom is -0.486 e. The first kappa shape index (κ1) is 57.5. The second-order valence-corrected chi connectivity index (χ2v) is 22.9. The SMILES string of the molecule is CO[C@@H](C)COc1nc(N2C[C@@H]3C[C@H]2CN3)c2cc(C(F)(F)F)c(-c3ccc(F)c4sc(N)c(C#N)c34)c(OCc3ccc(-c4cn([C@H](C(=O)N5C[C@H](O)C[C@H]5C(=O)N[C@@H](CO)c5ccc(-c6ccncc6C)cc5)C(C)C)nn4)cc3)c2n1. The van der Waals surface area contributed by atoms with Crippen LogP contribution in [-0.2, 0) is 27.1 Å². The van der Waals surface area contributed by atoms with Gasteiger partial charge in [0.15, 0.2) is 5.75 Å². The molecule has 84 heavy (non-hydrogen) atoms. The van der Waals surface area contributed by atoms with Crippen LogP contribution in [0.5, 0.6) is 11.8 Å². The average molecular weight is 1170 g/mol. The molecule has 3 fully saturated rings. The van der Waals surface area contributed by atoms with Crippen molar-refractivity contribution in [2.75, 3.05) is 50.6 Å². The predicted octanol–water partition coefficient (Wildman–Crippen LogP) is 8.30. The van der Waals surface area contributed by atoms with Crippen LogP contribution in [-0.4, -0.2) is 127 Å². The summed E-state index contributed by atoms with van der Waals surface area (Å²) >= 11 is 0.752. The minimum absolute atomic E-state index is 0.00528. The number of ether oxygens (including phenoxy) is 3. The summed E-state index contributed by atoms with van der Waals surface area (Å²) in [5.74, 6) is -2.27. The van der Waals surface area contributed by atoms with Crippen LogP contribution in [0.25, 0.3) is 54.5 Å². The van der Waals surface area contributed by atoms with E-state index in [0.29, 0.717) is 35.5 Å². The van der Waals surface area contributed by atoms with E-state index < -0.39 is 71.9 Å². The zero-order valence-electron chi connectivity index (χ0n) is 46.4. The largest absolute Gasteiger partial charge is 0.486 e. The number of amides is 2. The van der Waals surface area contributed by atoms with Gasteiger partial charge in [0, 0.05) is 79.5 Å². The lowest BCUT2D eigenvalue weighted by Crippen LogP contribution is -2.50. The molecule has 0 aliphatic carbocycles. The number of anilines is 2. The van der Waals surface area contributed by atoms with Crippen molar-refractivity contribution in [2.24, 2.45) is 5.92 Å². The molecule has 3 saturated heterocycles. The van der Waals surface area contributed by atoms with E-state index in [4.69, 9.17) is 29.9 Å². The second-order valence-electron chi connectivity index (χ2n) is 21.8. The molecule has 3 aliphatic rings. The van der Waals surface area contributed by atoms with Crippen molar-refractivity contribution in [3.05, 3.63) is 125 Å². The lowest BCUT2D eigenvalue weighted by atomic mass is 9.92. The number of aliphatic hydroxyl groups excluding tert-OH is 2. The summed E-state index contributed by atoms with van der Waals surface area (Å²) in [6, 6.07) is 18.4. The van der Waals surface area contributed by atoms with E-state index >= 15 is 17.6 Å². The molecule has 6 N–H and O–H groups in total. The van der Waals surface area contributed by atoms with Gasteiger partial charge in [-0.1, -0.05) is 73.7 Å². The van der Waals surface area contributed by atoms with E-state index in [1.165, 1.54) is 22.8 Å². The zero-order valence-corrected chi connectivity index (χ0v) is 47.2. The van der Waals surface area contributed by atoms with Gasteiger partial charge in [-0.2, -0.15) is 28.4 Å². The first-order chi connectivity index (χ1) is 40.3. The number of carbonyl (C=O) groups is 2. The van der Waals surface area contributed by atoms with E-state index in [1.54, 1.807) is 49.8 Å². The molecule has 0 radical (unpaired) electrons. The lowest BCUT2D eigenvalue weighted by Gasteiger charge is -2.30. The topological polar surface area (TPSA) is 252 Å². The summed E-state index contributed by atoms with van der Waals surface area (Å²) in [4.78, 5) is 45.5. The van der Waals surface area contributed by atoms with Crippen molar-refractivity contribution in [1.29, 1.82) is 5.26 Å². The molecule has 19 nitrogen and oxygen atoms in total. The van der Waals surface area contributed by atoms with Crippen LogP contribution in [0.1, 0.15) is 73.5 Å². The van der Waals surface area contributed by atoms with Gasteiger partial charge in [0.05, 0.1) is 46.9 Å². The number of carbonyl (C=O) groups excluding carboxylic acids is 2. The maximum absolute atomic E-state index is 15.9. The summed E-state index contributed by atoms with van der Waals surface area (Å²) in [7, 11) is 1.51. The maximum Gasteiger partial charge on any atom is 0.417 e. The monoisotopic (exact) mass is 1170 g/mol. The lowest BCUT2D eigenvalue weighted by molar-refractivity contribution is -0.142. The first-order valence-corrected chi connectivity index (χ1v) is 28.2. The highest BCUT2D eigenvalue weighted by molar-refractivity contribution is 7.23. The number of rotatable bonds is 18. The number of β-amino-alcohol motifs (C(OH)–C–C–N with tert-alkyl or cyclic N) is 1. The number of aliphatic hydroxyl groups is 2. The molecular weight excluding hydrogens is 1110 g/mol. The third-order valence-electron chi connectivity index (χ3n) is 15.9. The third kappa shape index (κ3) is 11.0. The van der Waals surface area contributed by atoms with Gasteiger partial charge in [-0.15, -0.1) is 16.4 Å². The Morgan fingerprint density at radius 1 is 1.00 bits per heavy atom. The second kappa shape index (κ2) is 23.4. The van der Waals surface area contributed by atoms with E-state index in [2.05, 4.69) is 25.9 Å². The highest BCUT2D eigenvalue weighted by Crippen LogP contribution is 2.52. The highest BCUT2D eigenvalue weighted by Gasteiger charge is 2.45. The van der Waals surface area contributed by atoms with Crippen molar-refractivity contribution in [2.45, 2.75) is 95.7 Å². The Balaban J connectivity index is 0.890. The number of pyridine rings is 1. The molecule has 7 atom stereocenters. The fourth-order valence-electron chi connectivity index (χ4n) is 11.6. The molecule has 24 heteroatoms. The van der Waals surface area contributed by atoms with Crippen molar-refractivity contribution in [3.8, 4) is 51.3 Å². The summed E-state index contributed by atoms with van der Waals surface area (Å²) in [5.41, 5.74) is 9.23. The van der Waals surface area contributed by atoms with Gasteiger partial charge in [-0.25, -0.2) is 9.07 Å². The fraction of sp³-hybridized carbons (Fsp3) is 0.367. The molecule has 0 unspecified atom stereocenters. The number of piperazine rings is 1. The number of nitrogens with two attached hydrogens (primary N) is 1. The van der Waals surface area contributed by atoms with E-state index in [9.17, 15) is 25.1 Å². The minimum atomic E-state index is -5.04. The Morgan fingerprint density at radius 2 is 1.76 bits per heavy atom. The molecule has 0 spiro atoms. The van der Waals surface area contributed by atoms with Crippen molar-refractivity contribution in [1.82, 2.24) is 45.5 Å². The molecule has 0 saturated carbocycles. The summed E-state index contributed by atoms with van der Waals surface area (Å²) in [5, 5.41) is 46.6. The smallest absolute Gasteiger partial charge is 0.417 e. The predicted molar refractivity (Wildman–Crippen MR) is 306 cm³/mol. The summed E-state index contributed by atoms with van der Waals surface area (Å²) in [6.45, 7) is 7.57. The molecule has 4 aromatic carbocycles. The van der Waals surface area contributed by atoms with Gasteiger partial charge in [-0.3, -0.25) is 14.6 Å². The molecule has 2 amide bonds. The number of likely N-dealkylation sites (tertiary alicyclic amines) is 1. The Hall–Kier alpha value is -8.34. The summed E-state index contributed by atoms with van der Waals surface area (Å²) < 4.78 is 82.8. The molecule has 7 heterocycles. The van der Waals surface area contributed by atoms with Crippen LogP contribution < -0.4 is 30.7 Å². The third-order valence-corrected chi connectivity index (χ3v) is 16.9. The summed E-state index contributed by atoms with van der Waals surface area (Å²) in [6.07, 6.45) is -0.645. The number of hydrogen-bond donors (Lipinski definition) is 5. The number of nitrogens with one attached hydrogen (secondary N) is 2. The number of halogens is 4. The maximum atomic E-state index is 15.9. The van der Waals surface area contributed by atoms with Gasteiger partial charge in [0.25, 0.3) is 0 Å². The van der Waals surface area contributed by atoms with Crippen LogP contribution in [0, 0.1) is 30.0 Å². The number of fused-ring (bicyclic) bond motifs is 4. The van der Waals surface area contributed by atoms with E-state index in [0.717, 1.165) is 46.6 Å². The Morgan fingerprint density at radius 3 is 2.43 bits per heavy atom. The quantitative estimate of drug-likeness (QED) is 0.0507. The van der Waals surface area contributed by atoms with Gasteiger partial charge in [0.2, 0.25) is 11.8 Å². The van der Waals surface area contributed by atoms with Crippen LogP contribution >= 0.6 is 11.3 Å². The van der Waals surface area contributed by atoms with Crippen molar-refractivity contribution >= 4 is 55.0 Å². The molecule has 436 valence electrons. The number of hydrogen-bond acceptors (Lipinski definition) is 17.